The van der Waals surface area contributed by atoms with Gasteiger partial charge < -0.3 is 11.1 Å². The molecular weight excluding hydrogens is 248 g/mol. The van der Waals surface area contributed by atoms with Crippen molar-refractivity contribution in [2.45, 2.75) is 53.0 Å². The number of rotatable bonds is 8. The summed E-state index contributed by atoms with van der Waals surface area (Å²) in [4.78, 5) is 11.8. The summed E-state index contributed by atoms with van der Waals surface area (Å²) in [6.45, 7) is 7.76. The molecular formula is C17H28N2O. The molecule has 3 N–H and O–H groups in total. The molecule has 20 heavy (non-hydrogen) atoms. The maximum absolute atomic E-state index is 11.8. The number of nitrogens with two attached hydrogens (primary N) is 1. The first kappa shape index (κ1) is 16.7. The van der Waals surface area contributed by atoms with Crippen LogP contribution in [0.15, 0.2) is 24.3 Å². The molecule has 0 heterocycles. The molecule has 1 rings (SSSR count). The van der Waals surface area contributed by atoms with Gasteiger partial charge in [0.1, 0.15) is 0 Å². The van der Waals surface area contributed by atoms with Gasteiger partial charge >= 0.3 is 0 Å². The molecule has 0 bridgehead atoms. The fourth-order valence-electron chi connectivity index (χ4n) is 2.15. The van der Waals surface area contributed by atoms with E-state index in [1.807, 2.05) is 0 Å². The maximum atomic E-state index is 11.8. The van der Waals surface area contributed by atoms with E-state index in [1.165, 1.54) is 5.56 Å². The quantitative estimate of drug-likeness (QED) is 0.767. The van der Waals surface area contributed by atoms with Gasteiger partial charge in [-0.3, -0.25) is 4.79 Å². The van der Waals surface area contributed by atoms with Gasteiger partial charge in [-0.15, -0.1) is 0 Å². The Morgan fingerprint density at radius 2 is 1.75 bits per heavy atom. The Hall–Kier alpha value is -1.35. The predicted molar refractivity (Wildman–Crippen MR) is 84.4 cm³/mol. The van der Waals surface area contributed by atoms with Crippen LogP contribution in [-0.4, -0.2) is 12.5 Å². The topological polar surface area (TPSA) is 55.1 Å². The van der Waals surface area contributed by atoms with Crippen molar-refractivity contribution in [2.75, 3.05) is 6.54 Å². The van der Waals surface area contributed by atoms with Crippen molar-refractivity contribution >= 4 is 5.91 Å². The summed E-state index contributed by atoms with van der Waals surface area (Å²) < 4.78 is 0. The molecule has 112 valence electrons. The summed E-state index contributed by atoms with van der Waals surface area (Å²) in [5, 5.41) is 2.98. The second kappa shape index (κ2) is 8.05. The number of hydrogen-bond donors (Lipinski definition) is 2. The molecule has 0 fully saturated rings. The van der Waals surface area contributed by atoms with Crippen LogP contribution in [-0.2, 0) is 17.8 Å². The van der Waals surface area contributed by atoms with Crippen LogP contribution in [0.2, 0.25) is 0 Å². The fourth-order valence-corrected chi connectivity index (χ4v) is 2.15. The van der Waals surface area contributed by atoms with Gasteiger partial charge in [0.2, 0.25) is 5.91 Å². The van der Waals surface area contributed by atoms with Crippen LogP contribution in [0.1, 0.15) is 51.2 Å². The molecule has 0 aliphatic heterocycles. The highest BCUT2D eigenvalue weighted by Gasteiger charge is 2.18. The van der Waals surface area contributed by atoms with Crippen LogP contribution >= 0.6 is 0 Å². The Kier molecular flexibility index (Phi) is 6.73. The van der Waals surface area contributed by atoms with Crippen molar-refractivity contribution in [2.24, 2.45) is 11.1 Å². The highest BCUT2D eigenvalue weighted by Crippen LogP contribution is 2.25. The molecule has 0 aliphatic carbocycles. The Morgan fingerprint density at radius 1 is 1.15 bits per heavy atom. The minimum Gasteiger partial charge on any atom is -0.352 e. The molecule has 1 aromatic carbocycles. The zero-order valence-corrected chi connectivity index (χ0v) is 13.0. The summed E-state index contributed by atoms with van der Waals surface area (Å²) in [7, 11) is 0. The molecule has 0 atom stereocenters. The number of benzene rings is 1. The third kappa shape index (κ3) is 6.20. The molecule has 0 aliphatic rings. The molecule has 1 aromatic rings. The minimum atomic E-state index is 0.120. The van der Waals surface area contributed by atoms with Crippen molar-refractivity contribution in [3.05, 3.63) is 35.4 Å². The SMILES string of the molecule is CCc1ccc(CNC(=O)CCC(C)(C)CCN)cc1. The van der Waals surface area contributed by atoms with E-state index in [4.69, 9.17) is 5.73 Å². The predicted octanol–water partition coefficient (Wildman–Crippen LogP) is 3.02. The van der Waals surface area contributed by atoms with E-state index in [9.17, 15) is 4.79 Å². The molecule has 0 spiro atoms. The Labute approximate surface area is 122 Å². The molecule has 0 radical (unpaired) electrons. The monoisotopic (exact) mass is 276 g/mol. The lowest BCUT2D eigenvalue weighted by molar-refractivity contribution is -0.121. The lowest BCUT2D eigenvalue weighted by Crippen LogP contribution is -2.25. The van der Waals surface area contributed by atoms with Crippen molar-refractivity contribution in [3.8, 4) is 0 Å². The van der Waals surface area contributed by atoms with Gasteiger partial charge in [-0.25, -0.2) is 0 Å². The smallest absolute Gasteiger partial charge is 0.220 e. The first-order valence-corrected chi connectivity index (χ1v) is 7.51. The van der Waals surface area contributed by atoms with Gasteiger partial charge in [-0.2, -0.15) is 0 Å². The van der Waals surface area contributed by atoms with Gasteiger partial charge in [-0.1, -0.05) is 45.0 Å². The number of amides is 1. The second-order valence-corrected chi connectivity index (χ2v) is 6.15. The lowest BCUT2D eigenvalue weighted by Gasteiger charge is -2.23. The third-order valence-electron chi connectivity index (χ3n) is 3.77. The third-order valence-corrected chi connectivity index (χ3v) is 3.77. The van der Waals surface area contributed by atoms with Gasteiger partial charge in [0.05, 0.1) is 0 Å². The van der Waals surface area contributed by atoms with E-state index in [0.717, 1.165) is 24.8 Å². The summed E-state index contributed by atoms with van der Waals surface area (Å²) >= 11 is 0. The zero-order chi connectivity index (χ0) is 15.0. The van der Waals surface area contributed by atoms with E-state index in [-0.39, 0.29) is 11.3 Å². The normalized spacial score (nSPS) is 11.4. The number of nitrogens with one attached hydrogen (secondary N) is 1. The van der Waals surface area contributed by atoms with Crippen molar-refractivity contribution < 1.29 is 4.79 Å². The minimum absolute atomic E-state index is 0.120. The van der Waals surface area contributed by atoms with E-state index in [0.29, 0.717) is 19.5 Å². The molecule has 0 aromatic heterocycles. The number of aryl methyl sites for hydroxylation is 1. The zero-order valence-electron chi connectivity index (χ0n) is 13.0. The van der Waals surface area contributed by atoms with E-state index in [2.05, 4.69) is 50.4 Å². The molecule has 0 unspecified atom stereocenters. The highest BCUT2D eigenvalue weighted by molar-refractivity contribution is 5.75. The number of hydrogen-bond acceptors (Lipinski definition) is 2. The van der Waals surface area contributed by atoms with Crippen molar-refractivity contribution in [3.63, 3.8) is 0 Å². The first-order valence-electron chi connectivity index (χ1n) is 7.51. The largest absolute Gasteiger partial charge is 0.352 e. The Morgan fingerprint density at radius 3 is 2.30 bits per heavy atom. The summed E-state index contributed by atoms with van der Waals surface area (Å²) in [6, 6.07) is 8.40. The fraction of sp³-hybridized carbons (Fsp3) is 0.588. The summed E-state index contributed by atoms with van der Waals surface area (Å²) in [5.74, 6) is 0.120. The summed E-state index contributed by atoms with van der Waals surface area (Å²) in [5.41, 5.74) is 8.20. The number of carbonyl (C=O) groups is 1. The highest BCUT2D eigenvalue weighted by atomic mass is 16.1. The second-order valence-electron chi connectivity index (χ2n) is 6.15. The van der Waals surface area contributed by atoms with E-state index < -0.39 is 0 Å². The van der Waals surface area contributed by atoms with Crippen LogP contribution in [0.4, 0.5) is 0 Å². The Bertz CT molecular complexity index is 410. The van der Waals surface area contributed by atoms with Crippen LogP contribution in [0, 0.1) is 5.41 Å². The van der Waals surface area contributed by atoms with Crippen LogP contribution in [0.25, 0.3) is 0 Å². The molecule has 3 heteroatoms. The van der Waals surface area contributed by atoms with E-state index in [1.54, 1.807) is 0 Å². The van der Waals surface area contributed by atoms with Crippen molar-refractivity contribution in [1.29, 1.82) is 0 Å². The van der Waals surface area contributed by atoms with Crippen LogP contribution < -0.4 is 11.1 Å². The average Bonchev–Trinajstić information content (AvgIpc) is 2.43. The average molecular weight is 276 g/mol. The first-order chi connectivity index (χ1) is 9.46. The standard InChI is InChI=1S/C17H28N2O/c1-4-14-5-7-15(8-6-14)13-19-16(20)9-10-17(2,3)11-12-18/h5-8H,4,9-13,18H2,1-3H3,(H,19,20). The summed E-state index contributed by atoms with van der Waals surface area (Å²) in [6.07, 6.45) is 3.45. The molecule has 0 saturated heterocycles. The Balaban J connectivity index is 2.32. The molecule has 1 amide bonds. The van der Waals surface area contributed by atoms with E-state index >= 15 is 0 Å². The van der Waals surface area contributed by atoms with Gasteiger partial charge in [-0.05, 0) is 42.3 Å². The molecule has 3 nitrogen and oxygen atoms in total. The number of carbonyl (C=O) groups excluding carboxylic acids is 1. The molecule has 0 saturated carbocycles. The van der Waals surface area contributed by atoms with Crippen LogP contribution in [0.5, 0.6) is 0 Å². The van der Waals surface area contributed by atoms with Gasteiger partial charge in [0.25, 0.3) is 0 Å². The van der Waals surface area contributed by atoms with Gasteiger partial charge in [0, 0.05) is 13.0 Å². The van der Waals surface area contributed by atoms with Crippen LogP contribution in [0.3, 0.4) is 0 Å². The lowest BCUT2D eigenvalue weighted by atomic mass is 9.84. The van der Waals surface area contributed by atoms with Crippen molar-refractivity contribution in [1.82, 2.24) is 5.32 Å². The maximum Gasteiger partial charge on any atom is 0.220 e. The van der Waals surface area contributed by atoms with Gasteiger partial charge in [0.15, 0.2) is 0 Å².